The van der Waals surface area contributed by atoms with Gasteiger partial charge in [0, 0.05) is 24.7 Å². The van der Waals surface area contributed by atoms with Crippen molar-refractivity contribution in [1.82, 2.24) is 0 Å². The van der Waals surface area contributed by atoms with Crippen LogP contribution in [0, 0.1) is 0 Å². The van der Waals surface area contributed by atoms with E-state index in [2.05, 4.69) is 131 Å². The smallest absolute Gasteiger partial charge is 0.308 e. The summed E-state index contributed by atoms with van der Waals surface area (Å²) in [6.45, 7) is 37.6. The monoisotopic (exact) mass is 840 g/mol. The van der Waals surface area contributed by atoms with Gasteiger partial charge in [-0.25, -0.2) is 0 Å². The quantitative estimate of drug-likeness (QED) is 0.0450. The second kappa shape index (κ2) is 17.7. The van der Waals surface area contributed by atoms with Gasteiger partial charge in [-0.2, -0.15) is 0 Å². The van der Waals surface area contributed by atoms with Gasteiger partial charge in [-0.05, 0) is 80.1 Å². The maximum Gasteiger partial charge on any atom is 0.308 e. The van der Waals surface area contributed by atoms with Crippen molar-refractivity contribution in [3.05, 3.63) is 0 Å². The number of fused-ring (bicyclic) bond motifs is 2. The Kier molecular flexibility index (Phi) is 16.5. The number of halogens is 1. The normalized spacial score (nSPS) is 25.1. The predicted octanol–water partition coefficient (Wildman–Crippen LogP) is 12.0. The summed E-state index contributed by atoms with van der Waals surface area (Å²) < 4.78 is 34.6. The molecule has 2 saturated heterocycles. The number of hydrogen-bond donors (Lipinski definition) is 0. The maximum atomic E-state index is 12.3. The first kappa shape index (κ1) is 44.9. The second-order valence-electron chi connectivity index (χ2n) is 19.6. The molecule has 0 N–H and O–H groups in total. The lowest BCUT2D eigenvalue weighted by Gasteiger charge is -2.46. The molecule has 0 spiro atoms. The van der Waals surface area contributed by atoms with Crippen LogP contribution in [0.5, 0.6) is 0 Å². The van der Waals surface area contributed by atoms with E-state index < -0.39 is 25.0 Å². The van der Waals surface area contributed by atoms with Gasteiger partial charge in [0.05, 0.1) is 22.6 Å². The van der Waals surface area contributed by atoms with E-state index in [0.717, 1.165) is 32.1 Å². The average molecular weight is 841 g/mol. The molecule has 0 saturated carbocycles. The Morgan fingerprint density at radius 3 is 1.69 bits per heavy atom. The van der Waals surface area contributed by atoms with Crippen molar-refractivity contribution in [3.63, 3.8) is 0 Å². The fraction of sp³-hybridized carbons (Fsp3) is 0.974. The molecule has 2 bridgehead atoms. The number of esters is 1. The van der Waals surface area contributed by atoms with Crippen LogP contribution in [-0.2, 0) is 27.5 Å². The van der Waals surface area contributed by atoms with Crippen LogP contribution < -0.4 is 0 Å². The van der Waals surface area contributed by atoms with Gasteiger partial charge >= 0.3 is 5.97 Å². The number of hydrogen-bond acceptors (Lipinski definition) is 6. The number of carbonyl (C=O) groups is 1. The molecule has 2 aliphatic rings. The van der Waals surface area contributed by atoms with Crippen LogP contribution in [0.25, 0.3) is 0 Å². The number of rotatable bonds is 18. The van der Waals surface area contributed by atoms with Gasteiger partial charge in [-0.3, -0.25) is 4.79 Å². The van der Waals surface area contributed by atoms with E-state index in [0.29, 0.717) is 6.42 Å². The number of carbonyl (C=O) groups excluding carboxylic acids is 1. The van der Waals surface area contributed by atoms with Crippen LogP contribution in [0.4, 0.5) is 0 Å². The second-order valence-corrected chi connectivity index (χ2v) is 35.3. The molecule has 0 aromatic heterocycles. The van der Waals surface area contributed by atoms with Gasteiger partial charge in [0.1, 0.15) is 6.10 Å². The van der Waals surface area contributed by atoms with Crippen molar-refractivity contribution in [3.8, 4) is 0 Å². The predicted molar refractivity (Wildman–Crippen MR) is 219 cm³/mol. The van der Waals surface area contributed by atoms with E-state index in [1.54, 1.807) is 0 Å². The van der Waals surface area contributed by atoms with Crippen LogP contribution in [0.2, 0.25) is 54.4 Å². The summed E-state index contributed by atoms with van der Waals surface area (Å²) >= 11 is 2.47. The highest BCUT2D eigenvalue weighted by atomic mass is 127. The molecule has 10 heteroatoms. The van der Waals surface area contributed by atoms with Crippen LogP contribution >= 0.6 is 22.6 Å². The molecule has 0 amide bonds. The Labute approximate surface area is 314 Å². The fourth-order valence-corrected chi connectivity index (χ4v) is 11.1. The number of ether oxygens (including phenoxy) is 2. The lowest BCUT2D eigenvalue weighted by atomic mass is 9.92. The Bertz CT molecular complexity index is 1000. The molecular weight excluding hydrogens is 764 g/mol. The van der Waals surface area contributed by atoms with Crippen molar-refractivity contribution in [2.75, 3.05) is 0 Å². The summed E-state index contributed by atoms with van der Waals surface area (Å²) in [6, 6.07) is 0. The minimum atomic E-state index is -2.12. The molecule has 2 fully saturated rings. The summed E-state index contributed by atoms with van der Waals surface area (Å²) in [5.74, 6) is -0.129. The summed E-state index contributed by atoms with van der Waals surface area (Å²) in [5, 5.41) is 0.321. The highest BCUT2D eigenvalue weighted by molar-refractivity contribution is 14.1. The third-order valence-electron chi connectivity index (χ3n) is 12.2. The third-order valence-corrected chi connectivity index (χ3v) is 27.4. The molecule has 0 radical (unpaired) electrons. The molecule has 7 atom stereocenters. The van der Waals surface area contributed by atoms with E-state index >= 15 is 0 Å². The zero-order valence-electron chi connectivity index (χ0n) is 34.1. The van der Waals surface area contributed by atoms with Gasteiger partial charge in [-0.15, -0.1) is 0 Å². The SMILES string of the molecule is CCCCCCC[C@H](C[C@H](C[C@H](C[C@H]1O[C@@H]2CC(=O)O[C@@H](C2)[C@H]1I)O[Si](C)(C)C(C)(C)C)O[Si](C)(C)C(C)(C)C)O[Si](C)(C)C(C)(C)C. The molecule has 48 heavy (non-hydrogen) atoms. The van der Waals surface area contributed by atoms with Crippen LogP contribution in [0.1, 0.15) is 140 Å². The Morgan fingerprint density at radius 2 is 1.19 bits per heavy atom. The van der Waals surface area contributed by atoms with E-state index in [-0.39, 0.29) is 61.6 Å². The molecule has 284 valence electrons. The van der Waals surface area contributed by atoms with Crippen LogP contribution in [-0.4, -0.2) is 71.5 Å². The maximum absolute atomic E-state index is 12.3. The van der Waals surface area contributed by atoms with E-state index in [9.17, 15) is 4.79 Å². The lowest BCUT2D eigenvalue weighted by Crippen LogP contribution is -2.53. The lowest BCUT2D eigenvalue weighted by molar-refractivity contribution is -0.183. The molecular formula is C38H77IO6Si3. The highest BCUT2D eigenvalue weighted by Gasteiger charge is 2.48. The van der Waals surface area contributed by atoms with Gasteiger partial charge in [0.25, 0.3) is 0 Å². The summed E-state index contributed by atoms with van der Waals surface area (Å²) in [5.41, 5.74) is 0. The van der Waals surface area contributed by atoms with Crippen molar-refractivity contribution >= 4 is 53.5 Å². The zero-order valence-corrected chi connectivity index (χ0v) is 39.3. The molecule has 0 aliphatic carbocycles. The standard InChI is InChI=1S/C38H77IO6Si3/c1-17-18-19-20-21-22-28(43-46(11,12)36(2,3)4)23-30(44-47(13,14)37(5,6)7)24-31(45-48(15,16)38(8,9)10)26-32-35(39)33-25-29(41-32)27-34(40)42-33/h28-33,35H,17-27H2,1-16H3/t28-,29+,30-,31-,32-,33+,35+/m1/s1. The van der Waals surface area contributed by atoms with Gasteiger partial charge in [0.15, 0.2) is 25.0 Å². The van der Waals surface area contributed by atoms with E-state index in [1.165, 1.54) is 32.1 Å². The van der Waals surface area contributed by atoms with Crippen molar-refractivity contribution in [1.29, 1.82) is 0 Å². The van der Waals surface area contributed by atoms with E-state index in [4.69, 9.17) is 22.8 Å². The van der Waals surface area contributed by atoms with Crippen molar-refractivity contribution < 1.29 is 27.5 Å². The number of unbranched alkanes of at least 4 members (excludes halogenated alkanes) is 4. The highest BCUT2D eigenvalue weighted by Crippen LogP contribution is 2.44. The molecule has 0 aromatic rings. The van der Waals surface area contributed by atoms with E-state index in [1.807, 2.05) is 0 Å². The molecule has 2 rings (SSSR count). The van der Waals surface area contributed by atoms with Gasteiger partial charge < -0.3 is 22.8 Å². The van der Waals surface area contributed by atoms with Crippen LogP contribution in [0.15, 0.2) is 0 Å². The van der Waals surface area contributed by atoms with Crippen molar-refractivity contribution in [2.24, 2.45) is 0 Å². The topological polar surface area (TPSA) is 63.2 Å². The van der Waals surface area contributed by atoms with Crippen LogP contribution in [0.3, 0.4) is 0 Å². The largest absolute Gasteiger partial charge is 0.461 e. The molecule has 2 heterocycles. The Hall–Kier alpha value is 0.691. The Balaban J connectivity index is 2.48. The third kappa shape index (κ3) is 13.3. The van der Waals surface area contributed by atoms with Crippen molar-refractivity contribution in [2.45, 2.75) is 235 Å². The average Bonchev–Trinajstić information content (AvgIpc) is 2.88. The summed E-state index contributed by atoms with van der Waals surface area (Å²) in [7, 11) is -6.24. The summed E-state index contributed by atoms with van der Waals surface area (Å²) in [6.07, 6.45) is 11.1. The molecule has 0 unspecified atom stereocenters. The Morgan fingerprint density at radius 1 is 0.729 bits per heavy atom. The minimum Gasteiger partial charge on any atom is -0.461 e. The first-order valence-corrected chi connectivity index (χ1v) is 29.2. The summed E-state index contributed by atoms with van der Waals surface area (Å²) in [4.78, 5) is 12.3. The number of alkyl halides is 1. The molecule has 0 aromatic carbocycles. The first-order valence-electron chi connectivity index (χ1n) is 19.2. The first-order chi connectivity index (χ1) is 21.7. The minimum absolute atomic E-state index is 0.0180. The van der Waals surface area contributed by atoms with Gasteiger partial charge in [0.2, 0.25) is 0 Å². The van der Waals surface area contributed by atoms with Gasteiger partial charge in [-0.1, -0.05) is 124 Å². The zero-order chi connectivity index (χ0) is 36.9. The molecule has 6 nitrogen and oxygen atoms in total. The fourth-order valence-electron chi connectivity index (χ4n) is 6.05. The molecule has 2 aliphatic heterocycles.